The third-order valence-corrected chi connectivity index (χ3v) is 2.11. The van der Waals surface area contributed by atoms with Crippen molar-refractivity contribution in [2.24, 2.45) is 5.92 Å². The quantitative estimate of drug-likeness (QED) is 0.791. The molecule has 0 spiro atoms. The van der Waals surface area contributed by atoms with Gasteiger partial charge in [-0.15, -0.1) is 0 Å². The van der Waals surface area contributed by atoms with E-state index >= 15 is 0 Å². The predicted octanol–water partition coefficient (Wildman–Crippen LogP) is 0.841. The van der Waals surface area contributed by atoms with Gasteiger partial charge in [0.1, 0.15) is 5.69 Å². The summed E-state index contributed by atoms with van der Waals surface area (Å²) in [6.45, 7) is 3.42. The second kappa shape index (κ2) is 5.25. The van der Waals surface area contributed by atoms with E-state index in [0.29, 0.717) is 5.69 Å². The molecule has 1 aromatic rings. The van der Waals surface area contributed by atoms with Crippen LogP contribution in [-0.4, -0.2) is 28.5 Å². The lowest BCUT2D eigenvalue weighted by Crippen LogP contribution is -2.32. The second-order valence-electron chi connectivity index (χ2n) is 3.61. The summed E-state index contributed by atoms with van der Waals surface area (Å²) in [5.41, 5.74) is 1.05. The molecule has 1 atom stereocenters. The maximum atomic E-state index is 11.6. The lowest BCUT2D eigenvalue weighted by atomic mass is 10.2. The Hall–Kier alpha value is -1.91. The molecule has 1 unspecified atom stereocenters. The molecule has 0 radical (unpaired) electrons. The normalized spacial score (nSPS) is 11.9. The molecule has 1 aromatic heterocycles. The lowest BCUT2D eigenvalue weighted by Gasteiger charge is -2.08. The van der Waals surface area contributed by atoms with Crippen molar-refractivity contribution in [3.63, 3.8) is 0 Å². The molecule has 0 aliphatic rings. The van der Waals surface area contributed by atoms with E-state index in [4.69, 9.17) is 5.11 Å². The topological polar surface area (TPSA) is 79.3 Å². The van der Waals surface area contributed by atoms with Crippen LogP contribution in [0.3, 0.4) is 0 Å². The number of nitrogens with one attached hydrogen (secondary N) is 1. The summed E-state index contributed by atoms with van der Waals surface area (Å²) in [5.74, 6) is -1.89. The second-order valence-corrected chi connectivity index (χ2v) is 3.61. The van der Waals surface area contributed by atoms with Crippen molar-refractivity contribution in [3.05, 3.63) is 29.6 Å². The molecule has 86 valence electrons. The number of pyridine rings is 1. The van der Waals surface area contributed by atoms with E-state index in [0.717, 1.165) is 5.69 Å². The van der Waals surface area contributed by atoms with Gasteiger partial charge in [0.15, 0.2) is 0 Å². The molecule has 0 saturated carbocycles. The number of carbonyl (C=O) groups is 2. The van der Waals surface area contributed by atoms with Gasteiger partial charge in [-0.2, -0.15) is 0 Å². The molecule has 0 saturated heterocycles. The van der Waals surface area contributed by atoms with Gasteiger partial charge in [-0.05, 0) is 19.1 Å². The van der Waals surface area contributed by atoms with Crippen molar-refractivity contribution in [2.45, 2.75) is 13.8 Å². The van der Waals surface area contributed by atoms with Crippen molar-refractivity contribution < 1.29 is 14.7 Å². The van der Waals surface area contributed by atoms with Crippen molar-refractivity contribution >= 4 is 11.9 Å². The lowest BCUT2D eigenvalue weighted by molar-refractivity contribution is -0.140. The fourth-order valence-electron chi connectivity index (χ4n) is 1.09. The van der Waals surface area contributed by atoms with Crippen molar-refractivity contribution in [1.29, 1.82) is 0 Å². The monoisotopic (exact) mass is 222 g/mol. The summed E-state index contributed by atoms with van der Waals surface area (Å²) in [6.07, 6.45) is 0. The summed E-state index contributed by atoms with van der Waals surface area (Å²) < 4.78 is 0. The highest BCUT2D eigenvalue weighted by Crippen LogP contribution is 1.99. The van der Waals surface area contributed by atoms with Crippen LogP contribution >= 0.6 is 0 Å². The van der Waals surface area contributed by atoms with Crippen LogP contribution in [0.5, 0.6) is 0 Å². The summed E-state index contributed by atoms with van der Waals surface area (Å²) in [5, 5.41) is 11.2. The maximum absolute atomic E-state index is 11.6. The van der Waals surface area contributed by atoms with Crippen LogP contribution in [-0.2, 0) is 4.79 Å². The zero-order valence-corrected chi connectivity index (χ0v) is 9.23. The van der Waals surface area contributed by atoms with Gasteiger partial charge < -0.3 is 10.4 Å². The molecular weight excluding hydrogens is 208 g/mol. The van der Waals surface area contributed by atoms with Crippen LogP contribution in [0.2, 0.25) is 0 Å². The molecule has 0 fully saturated rings. The molecule has 5 heteroatoms. The molecule has 1 heterocycles. The molecule has 0 aliphatic heterocycles. The van der Waals surface area contributed by atoms with E-state index in [2.05, 4.69) is 10.3 Å². The van der Waals surface area contributed by atoms with E-state index in [1.165, 1.54) is 6.92 Å². The van der Waals surface area contributed by atoms with Gasteiger partial charge in [-0.3, -0.25) is 9.59 Å². The number of carboxylic acid groups (broad SMARTS) is 1. The van der Waals surface area contributed by atoms with Gasteiger partial charge in [0.2, 0.25) is 0 Å². The minimum Gasteiger partial charge on any atom is -0.481 e. The van der Waals surface area contributed by atoms with Crippen LogP contribution in [0.1, 0.15) is 23.1 Å². The Morgan fingerprint density at radius 2 is 2.19 bits per heavy atom. The summed E-state index contributed by atoms with van der Waals surface area (Å²) in [6, 6.07) is 5.11. The highest BCUT2D eigenvalue weighted by molar-refractivity contribution is 5.92. The van der Waals surface area contributed by atoms with E-state index in [9.17, 15) is 9.59 Å². The van der Waals surface area contributed by atoms with Crippen LogP contribution in [0.25, 0.3) is 0 Å². The van der Waals surface area contributed by atoms with E-state index in [-0.39, 0.29) is 12.5 Å². The number of aliphatic carboxylic acids is 1. The van der Waals surface area contributed by atoms with Gasteiger partial charge in [0.05, 0.1) is 5.92 Å². The van der Waals surface area contributed by atoms with Gasteiger partial charge in [-0.25, -0.2) is 4.98 Å². The smallest absolute Gasteiger partial charge is 0.308 e. The summed E-state index contributed by atoms with van der Waals surface area (Å²) in [4.78, 5) is 26.1. The fraction of sp³-hybridized carbons (Fsp3) is 0.364. The zero-order chi connectivity index (χ0) is 12.1. The Bertz CT molecular complexity index is 404. The molecule has 0 aromatic carbocycles. The largest absolute Gasteiger partial charge is 0.481 e. The van der Waals surface area contributed by atoms with Crippen LogP contribution in [0, 0.1) is 12.8 Å². The van der Waals surface area contributed by atoms with Gasteiger partial charge in [0.25, 0.3) is 5.91 Å². The minimum atomic E-state index is -0.933. The number of carbonyl (C=O) groups excluding carboxylic acids is 1. The third-order valence-electron chi connectivity index (χ3n) is 2.11. The number of hydrogen-bond donors (Lipinski definition) is 2. The Balaban J connectivity index is 2.56. The molecule has 5 nitrogen and oxygen atoms in total. The standard InChI is InChI=1S/C11H14N2O3/c1-7(11(15)16)6-12-10(14)9-5-3-4-8(2)13-9/h3-5,7H,6H2,1-2H3,(H,12,14)(H,15,16). The molecule has 1 amide bonds. The average molecular weight is 222 g/mol. The van der Waals surface area contributed by atoms with Crippen molar-refractivity contribution in [3.8, 4) is 0 Å². The molecule has 1 rings (SSSR count). The first-order valence-corrected chi connectivity index (χ1v) is 4.95. The summed E-state index contributed by atoms with van der Waals surface area (Å²) >= 11 is 0. The predicted molar refractivity (Wildman–Crippen MR) is 58.1 cm³/mol. The van der Waals surface area contributed by atoms with Gasteiger partial charge in [-0.1, -0.05) is 13.0 Å². The SMILES string of the molecule is Cc1cccc(C(=O)NCC(C)C(=O)O)n1. The first-order valence-electron chi connectivity index (χ1n) is 4.95. The summed E-state index contributed by atoms with van der Waals surface area (Å²) in [7, 11) is 0. The number of rotatable bonds is 4. The molecular formula is C11H14N2O3. The fourth-order valence-corrected chi connectivity index (χ4v) is 1.09. The number of hydrogen-bond acceptors (Lipinski definition) is 3. The molecule has 0 aliphatic carbocycles. The van der Waals surface area contributed by atoms with E-state index < -0.39 is 11.9 Å². The zero-order valence-electron chi connectivity index (χ0n) is 9.23. The first kappa shape index (κ1) is 12.2. The van der Waals surface area contributed by atoms with Crippen LogP contribution in [0.4, 0.5) is 0 Å². The number of nitrogens with zero attached hydrogens (tertiary/aromatic N) is 1. The molecule has 0 bridgehead atoms. The maximum Gasteiger partial charge on any atom is 0.308 e. The Morgan fingerprint density at radius 1 is 1.50 bits per heavy atom. The third kappa shape index (κ3) is 3.34. The van der Waals surface area contributed by atoms with Crippen LogP contribution in [0.15, 0.2) is 18.2 Å². The van der Waals surface area contributed by atoms with Crippen LogP contribution < -0.4 is 5.32 Å². The van der Waals surface area contributed by atoms with Crippen molar-refractivity contribution in [1.82, 2.24) is 10.3 Å². The van der Waals surface area contributed by atoms with Gasteiger partial charge in [0, 0.05) is 12.2 Å². The molecule has 16 heavy (non-hydrogen) atoms. The number of carboxylic acids is 1. The minimum absolute atomic E-state index is 0.101. The number of aromatic nitrogens is 1. The Kier molecular flexibility index (Phi) is 3.99. The average Bonchev–Trinajstić information content (AvgIpc) is 2.25. The first-order chi connectivity index (χ1) is 7.50. The van der Waals surface area contributed by atoms with Gasteiger partial charge >= 0.3 is 5.97 Å². The van der Waals surface area contributed by atoms with Crippen molar-refractivity contribution in [2.75, 3.05) is 6.54 Å². The highest BCUT2D eigenvalue weighted by atomic mass is 16.4. The Morgan fingerprint density at radius 3 is 2.75 bits per heavy atom. The van der Waals surface area contributed by atoms with E-state index in [1.807, 2.05) is 0 Å². The van der Waals surface area contributed by atoms with E-state index in [1.54, 1.807) is 25.1 Å². The highest BCUT2D eigenvalue weighted by Gasteiger charge is 2.13. The molecule has 2 N–H and O–H groups in total. The number of aryl methyl sites for hydroxylation is 1. The Labute approximate surface area is 93.5 Å². The number of amides is 1.